The number of nitrogens with two attached hydrogens (primary N) is 1. The van der Waals surface area contributed by atoms with Gasteiger partial charge in [-0.2, -0.15) is 10.2 Å². The van der Waals surface area contributed by atoms with Gasteiger partial charge in [0.2, 0.25) is 11.6 Å². The summed E-state index contributed by atoms with van der Waals surface area (Å²) in [5.41, 5.74) is 5.24. The van der Waals surface area contributed by atoms with Gasteiger partial charge in [-0.25, -0.2) is 0 Å². The average molecular weight is 290 g/mol. The van der Waals surface area contributed by atoms with Crippen molar-refractivity contribution >= 4 is 5.69 Å². The number of hydrogen-bond acceptors (Lipinski definition) is 6. The highest BCUT2D eigenvalue weighted by atomic mass is 16.6. The van der Waals surface area contributed by atoms with Crippen molar-refractivity contribution in [1.82, 2.24) is 4.98 Å². The van der Waals surface area contributed by atoms with Crippen LogP contribution in [0.2, 0.25) is 0 Å². The molecule has 1 aliphatic rings. The molecule has 1 aromatic heterocycles. The summed E-state index contributed by atoms with van der Waals surface area (Å²) in [5.74, 6) is 1.08. The van der Waals surface area contributed by atoms with Crippen molar-refractivity contribution in [2.24, 2.45) is 17.6 Å². The second-order valence-corrected chi connectivity index (χ2v) is 5.24. The SMILES string of the molecule is N#Cc1nc(OCC2CCCCC2CN)ccc1[N+](=O)[O-]. The standard InChI is InChI=1S/C14H18N4O3/c15-7-10-3-1-2-4-11(10)9-21-14-6-5-13(18(19)20)12(8-16)17-14/h5-6,10-11H,1-4,7,9,15H2. The second-order valence-electron chi connectivity index (χ2n) is 5.24. The number of nitriles is 1. The van der Waals surface area contributed by atoms with Crippen LogP contribution >= 0.6 is 0 Å². The Kier molecular flexibility index (Phi) is 5.06. The van der Waals surface area contributed by atoms with Crippen molar-refractivity contribution in [3.05, 3.63) is 27.9 Å². The van der Waals surface area contributed by atoms with Crippen molar-refractivity contribution < 1.29 is 9.66 Å². The second kappa shape index (κ2) is 6.99. The highest BCUT2D eigenvalue weighted by molar-refractivity contribution is 5.45. The third-order valence-electron chi connectivity index (χ3n) is 3.97. The van der Waals surface area contributed by atoms with Crippen LogP contribution in [-0.2, 0) is 0 Å². The zero-order valence-electron chi connectivity index (χ0n) is 11.7. The number of nitrogens with zero attached hydrogens (tertiary/aromatic N) is 3. The topological polar surface area (TPSA) is 115 Å². The number of rotatable bonds is 5. The molecule has 1 fully saturated rings. The first-order valence-electron chi connectivity index (χ1n) is 7.04. The van der Waals surface area contributed by atoms with Crippen LogP contribution in [0, 0.1) is 33.3 Å². The maximum absolute atomic E-state index is 10.7. The maximum atomic E-state index is 10.7. The van der Waals surface area contributed by atoms with E-state index in [1.807, 2.05) is 0 Å². The summed E-state index contributed by atoms with van der Waals surface area (Å²) in [5, 5.41) is 19.6. The van der Waals surface area contributed by atoms with E-state index in [-0.39, 0.29) is 17.3 Å². The molecule has 7 heteroatoms. The van der Waals surface area contributed by atoms with E-state index in [4.69, 9.17) is 15.7 Å². The molecule has 0 bridgehead atoms. The van der Waals surface area contributed by atoms with Gasteiger partial charge in [0.1, 0.15) is 6.07 Å². The molecule has 2 rings (SSSR count). The zero-order chi connectivity index (χ0) is 15.2. The summed E-state index contributed by atoms with van der Waals surface area (Å²) in [6.45, 7) is 1.13. The number of aromatic nitrogens is 1. The lowest BCUT2D eigenvalue weighted by Crippen LogP contribution is -2.30. The third kappa shape index (κ3) is 3.67. The number of nitro groups is 1. The zero-order valence-corrected chi connectivity index (χ0v) is 11.7. The van der Waals surface area contributed by atoms with Gasteiger partial charge in [-0.15, -0.1) is 0 Å². The predicted octanol–water partition coefficient (Wildman–Crippen LogP) is 2.01. The lowest BCUT2D eigenvalue weighted by atomic mass is 9.80. The smallest absolute Gasteiger partial charge is 0.305 e. The van der Waals surface area contributed by atoms with Crippen LogP contribution in [0.25, 0.3) is 0 Å². The normalized spacial score (nSPS) is 21.5. The van der Waals surface area contributed by atoms with Crippen LogP contribution in [0.3, 0.4) is 0 Å². The first kappa shape index (κ1) is 15.2. The fraction of sp³-hybridized carbons (Fsp3) is 0.571. The van der Waals surface area contributed by atoms with Crippen molar-refractivity contribution in [1.29, 1.82) is 5.26 Å². The number of ether oxygens (including phenoxy) is 1. The molecule has 2 atom stereocenters. The van der Waals surface area contributed by atoms with Gasteiger partial charge in [0.15, 0.2) is 0 Å². The van der Waals surface area contributed by atoms with Crippen molar-refractivity contribution in [2.45, 2.75) is 25.7 Å². The van der Waals surface area contributed by atoms with Gasteiger partial charge in [-0.3, -0.25) is 10.1 Å². The van der Waals surface area contributed by atoms with Gasteiger partial charge in [0, 0.05) is 12.1 Å². The minimum absolute atomic E-state index is 0.225. The lowest BCUT2D eigenvalue weighted by Gasteiger charge is -2.30. The van der Waals surface area contributed by atoms with E-state index >= 15 is 0 Å². The summed E-state index contributed by atoms with van der Waals surface area (Å²) in [6.07, 6.45) is 4.55. The molecule has 0 aromatic carbocycles. The maximum Gasteiger partial charge on any atom is 0.305 e. The molecule has 112 valence electrons. The first-order chi connectivity index (χ1) is 10.2. The highest BCUT2D eigenvalue weighted by Gasteiger charge is 2.25. The molecule has 0 amide bonds. The quantitative estimate of drug-likeness (QED) is 0.655. The third-order valence-corrected chi connectivity index (χ3v) is 3.97. The monoisotopic (exact) mass is 290 g/mol. The van der Waals surface area contributed by atoms with E-state index in [0.29, 0.717) is 25.0 Å². The molecular formula is C14H18N4O3. The first-order valence-corrected chi connectivity index (χ1v) is 7.04. The lowest BCUT2D eigenvalue weighted by molar-refractivity contribution is -0.385. The van der Waals surface area contributed by atoms with E-state index < -0.39 is 4.92 Å². The molecular weight excluding hydrogens is 272 g/mol. The highest BCUT2D eigenvalue weighted by Crippen LogP contribution is 2.30. The Morgan fingerprint density at radius 2 is 2.14 bits per heavy atom. The predicted molar refractivity (Wildman–Crippen MR) is 75.6 cm³/mol. The Balaban J connectivity index is 2.03. The average Bonchev–Trinajstić information content (AvgIpc) is 2.52. The summed E-state index contributed by atoms with van der Waals surface area (Å²) in [4.78, 5) is 14.0. The van der Waals surface area contributed by atoms with E-state index in [9.17, 15) is 10.1 Å². The van der Waals surface area contributed by atoms with Crippen LogP contribution < -0.4 is 10.5 Å². The van der Waals surface area contributed by atoms with E-state index in [1.54, 1.807) is 6.07 Å². The molecule has 2 N–H and O–H groups in total. The van der Waals surface area contributed by atoms with Crippen molar-refractivity contribution in [2.75, 3.05) is 13.2 Å². The minimum Gasteiger partial charge on any atom is -0.477 e. The largest absolute Gasteiger partial charge is 0.477 e. The molecule has 0 saturated heterocycles. The summed E-state index contributed by atoms with van der Waals surface area (Å²) in [7, 11) is 0. The molecule has 21 heavy (non-hydrogen) atoms. The number of pyridine rings is 1. The van der Waals surface area contributed by atoms with Crippen molar-refractivity contribution in [3.8, 4) is 11.9 Å². The molecule has 1 heterocycles. The molecule has 0 radical (unpaired) electrons. The van der Waals surface area contributed by atoms with Crippen LogP contribution in [0.1, 0.15) is 31.4 Å². The molecule has 2 unspecified atom stereocenters. The van der Waals surface area contributed by atoms with Gasteiger partial charge in [0.05, 0.1) is 11.5 Å². The van der Waals surface area contributed by atoms with Gasteiger partial charge < -0.3 is 10.5 Å². The summed E-state index contributed by atoms with van der Waals surface area (Å²) in [6, 6.07) is 4.40. The Morgan fingerprint density at radius 1 is 1.43 bits per heavy atom. The van der Waals surface area contributed by atoms with Gasteiger partial charge in [-0.05, 0) is 31.2 Å². The Hall–Kier alpha value is -2.20. The van der Waals surface area contributed by atoms with Gasteiger partial charge in [-0.1, -0.05) is 12.8 Å². The Bertz CT molecular complexity index is 556. The Labute approximate surface area is 122 Å². The minimum atomic E-state index is -0.624. The molecule has 0 aliphatic heterocycles. The van der Waals surface area contributed by atoms with Gasteiger partial charge in [0.25, 0.3) is 0 Å². The summed E-state index contributed by atoms with van der Waals surface area (Å²) < 4.78 is 5.61. The van der Waals surface area contributed by atoms with Crippen LogP contribution in [0.4, 0.5) is 5.69 Å². The fourth-order valence-electron chi connectivity index (χ4n) is 2.75. The molecule has 1 aromatic rings. The molecule has 1 saturated carbocycles. The van der Waals surface area contributed by atoms with Crippen LogP contribution in [0.5, 0.6) is 5.88 Å². The number of hydrogen-bond donors (Lipinski definition) is 1. The van der Waals surface area contributed by atoms with Crippen LogP contribution in [-0.4, -0.2) is 23.1 Å². The molecule has 0 spiro atoms. The Morgan fingerprint density at radius 3 is 2.76 bits per heavy atom. The van der Waals surface area contributed by atoms with Crippen molar-refractivity contribution in [3.63, 3.8) is 0 Å². The fourth-order valence-corrected chi connectivity index (χ4v) is 2.75. The van der Waals surface area contributed by atoms with E-state index in [2.05, 4.69) is 4.98 Å². The summed E-state index contributed by atoms with van der Waals surface area (Å²) >= 11 is 0. The van der Waals surface area contributed by atoms with Gasteiger partial charge >= 0.3 is 5.69 Å². The molecule has 1 aliphatic carbocycles. The molecule has 7 nitrogen and oxygen atoms in total. The van der Waals surface area contributed by atoms with E-state index in [0.717, 1.165) is 12.8 Å². The van der Waals surface area contributed by atoms with E-state index in [1.165, 1.54) is 25.0 Å². The van der Waals surface area contributed by atoms with Crippen LogP contribution in [0.15, 0.2) is 12.1 Å².